The van der Waals surface area contributed by atoms with Crippen molar-refractivity contribution in [1.29, 1.82) is 0 Å². The summed E-state index contributed by atoms with van der Waals surface area (Å²) in [6.45, 7) is 8.04. The first-order valence-electron chi connectivity index (χ1n) is 6.74. The number of carboxylic acids is 1. The number of carbonyl (C=O) groups excluding carboxylic acids is 1. The largest absolute Gasteiger partial charge is 0.490 e. The molecule has 1 aliphatic rings. The quantitative estimate of drug-likeness (QED) is 0.781. The Balaban J connectivity index is 0.000000486. The fraction of sp³-hybridized carbons (Fsp3) is 0.846. The van der Waals surface area contributed by atoms with Gasteiger partial charge in [-0.15, -0.1) is 0 Å². The number of piperidine rings is 1. The molecular formula is C13H22F3NO4. The lowest BCUT2D eigenvalue weighted by Crippen LogP contribution is -2.36. The average Bonchev–Trinajstić information content (AvgIpc) is 2.30. The van der Waals surface area contributed by atoms with Crippen molar-refractivity contribution in [3.63, 3.8) is 0 Å². The molecule has 0 spiro atoms. The normalized spacial score (nSPS) is 22.2. The summed E-state index contributed by atoms with van der Waals surface area (Å²) < 4.78 is 36.9. The summed E-state index contributed by atoms with van der Waals surface area (Å²) in [5.74, 6) is -1.71. The van der Waals surface area contributed by atoms with Crippen LogP contribution in [-0.4, -0.2) is 42.4 Å². The fourth-order valence-electron chi connectivity index (χ4n) is 1.90. The van der Waals surface area contributed by atoms with Crippen molar-refractivity contribution < 1.29 is 32.6 Å². The number of hydrogen-bond acceptors (Lipinski definition) is 4. The van der Waals surface area contributed by atoms with Gasteiger partial charge in [-0.2, -0.15) is 13.2 Å². The number of carboxylic acid groups (broad SMARTS) is 1. The van der Waals surface area contributed by atoms with Crippen LogP contribution in [0, 0.1) is 11.8 Å². The molecule has 1 rings (SSSR count). The minimum Gasteiger partial charge on any atom is -0.475 e. The summed E-state index contributed by atoms with van der Waals surface area (Å²) in [6.07, 6.45) is -3.39. The lowest BCUT2D eigenvalue weighted by Gasteiger charge is -2.28. The summed E-state index contributed by atoms with van der Waals surface area (Å²) >= 11 is 0. The van der Waals surface area contributed by atoms with Crippen molar-refractivity contribution in [2.45, 2.75) is 45.9 Å². The van der Waals surface area contributed by atoms with E-state index in [4.69, 9.17) is 14.6 Å². The molecule has 2 N–H and O–H groups in total. The van der Waals surface area contributed by atoms with E-state index in [9.17, 15) is 18.0 Å². The number of halogens is 3. The first-order chi connectivity index (χ1) is 9.54. The summed E-state index contributed by atoms with van der Waals surface area (Å²) in [5, 5.41) is 10.5. The summed E-state index contributed by atoms with van der Waals surface area (Å²) in [6, 6.07) is 0. The Labute approximate surface area is 121 Å². The number of rotatable bonds is 3. The van der Waals surface area contributed by atoms with Gasteiger partial charge in [0.15, 0.2) is 0 Å². The first kappa shape index (κ1) is 19.7. The second kappa shape index (κ2) is 8.86. The third-order valence-electron chi connectivity index (χ3n) is 3.00. The zero-order valence-electron chi connectivity index (χ0n) is 12.4. The van der Waals surface area contributed by atoms with E-state index in [1.54, 1.807) is 0 Å². The van der Waals surface area contributed by atoms with Crippen molar-refractivity contribution in [1.82, 2.24) is 5.32 Å². The van der Waals surface area contributed by atoms with Crippen LogP contribution in [0.1, 0.15) is 33.6 Å². The van der Waals surface area contributed by atoms with Gasteiger partial charge >= 0.3 is 18.1 Å². The molecule has 0 aromatic rings. The van der Waals surface area contributed by atoms with Crippen LogP contribution >= 0.6 is 0 Å². The molecule has 0 radical (unpaired) electrons. The van der Waals surface area contributed by atoms with E-state index < -0.39 is 12.1 Å². The SMILES string of the molecule is CC(C)OC(=O)C[C@@H]1CCNCC1C.O=C(O)C(F)(F)F. The van der Waals surface area contributed by atoms with Gasteiger partial charge in [0.25, 0.3) is 0 Å². The van der Waals surface area contributed by atoms with Gasteiger partial charge in [0.05, 0.1) is 6.10 Å². The Bertz CT molecular complexity index is 345. The number of nitrogens with one attached hydrogen (secondary N) is 1. The van der Waals surface area contributed by atoms with Gasteiger partial charge in [-0.1, -0.05) is 6.92 Å². The molecule has 124 valence electrons. The van der Waals surface area contributed by atoms with Gasteiger partial charge < -0.3 is 15.2 Å². The molecular weight excluding hydrogens is 291 g/mol. The molecule has 0 aliphatic carbocycles. The third kappa shape index (κ3) is 9.28. The lowest BCUT2D eigenvalue weighted by atomic mass is 9.85. The Hall–Kier alpha value is -1.31. The summed E-state index contributed by atoms with van der Waals surface area (Å²) in [4.78, 5) is 20.3. The van der Waals surface area contributed by atoms with Gasteiger partial charge in [0, 0.05) is 6.42 Å². The molecule has 0 aromatic heterocycles. The van der Waals surface area contributed by atoms with Crippen molar-refractivity contribution >= 4 is 11.9 Å². The maximum Gasteiger partial charge on any atom is 0.490 e. The maximum atomic E-state index is 11.4. The molecule has 5 nitrogen and oxygen atoms in total. The Morgan fingerprint density at radius 1 is 1.38 bits per heavy atom. The van der Waals surface area contributed by atoms with Crippen molar-refractivity contribution in [2.75, 3.05) is 13.1 Å². The number of esters is 1. The van der Waals surface area contributed by atoms with Crippen LogP contribution in [0.15, 0.2) is 0 Å². The van der Waals surface area contributed by atoms with E-state index in [-0.39, 0.29) is 12.1 Å². The van der Waals surface area contributed by atoms with Crippen LogP contribution in [0.4, 0.5) is 13.2 Å². The smallest absolute Gasteiger partial charge is 0.475 e. The van der Waals surface area contributed by atoms with E-state index in [1.165, 1.54) is 0 Å². The predicted octanol–water partition coefficient (Wildman–Crippen LogP) is 2.21. The monoisotopic (exact) mass is 313 g/mol. The summed E-state index contributed by atoms with van der Waals surface area (Å²) in [5.41, 5.74) is 0. The van der Waals surface area contributed by atoms with Gasteiger partial charge in [-0.25, -0.2) is 4.79 Å². The molecule has 1 heterocycles. The Kier molecular flexibility index (Phi) is 8.31. The molecule has 0 aromatic carbocycles. The van der Waals surface area contributed by atoms with E-state index in [0.717, 1.165) is 19.5 Å². The van der Waals surface area contributed by atoms with Crippen molar-refractivity contribution in [3.8, 4) is 0 Å². The highest BCUT2D eigenvalue weighted by molar-refractivity contribution is 5.73. The molecule has 1 fully saturated rings. The first-order valence-corrected chi connectivity index (χ1v) is 6.74. The van der Waals surface area contributed by atoms with Crippen LogP contribution in [0.3, 0.4) is 0 Å². The van der Waals surface area contributed by atoms with E-state index in [0.29, 0.717) is 18.3 Å². The molecule has 0 bridgehead atoms. The number of carbonyl (C=O) groups is 2. The minimum atomic E-state index is -5.08. The highest BCUT2D eigenvalue weighted by atomic mass is 19.4. The molecule has 21 heavy (non-hydrogen) atoms. The second-order valence-electron chi connectivity index (χ2n) is 5.28. The highest BCUT2D eigenvalue weighted by Gasteiger charge is 2.38. The fourth-order valence-corrected chi connectivity index (χ4v) is 1.90. The third-order valence-corrected chi connectivity index (χ3v) is 3.00. The standard InChI is InChI=1S/C11H21NO2.C2HF3O2/c1-8(2)14-11(13)6-10-4-5-12-7-9(10)3;3-2(4,5)1(6)7/h8-10,12H,4-7H2,1-3H3;(H,6,7)/t9?,10-;/m0./s1. The van der Waals surface area contributed by atoms with Crippen LogP contribution in [-0.2, 0) is 14.3 Å². The molecule has 0 amide bonds. The van der Waals surface area contributed by atoms with Gasteiger partial charge in [-0.05, 0) is 45.2 Å². The average molecular weight is 313 g/mol. The highest BCUT2D eigenvalue weighted by Crippen LogP contribution is 2.22. The van der Waals surface area contributed by atoms with Crippen molar-refractivity contribution in [2.24, 2.45) is 11.8 Å². The molecule has 1 saturated heterocycles. The van der Waals surface area contributed by atoms with Gasteiger partial charge in [-0.3, -0.25) is 4.79 Å². The molecule has 1 aliphatic heterocycles. The van der Waals surface area contributed by atoms with E-state index in [1.807, 2.05) is 13.8 Å². The number of ether oxygens (including phenoxy) is 1. The Morgan fingerprint density at radius 2 is 1.90 bits per heavy atom. The number of aliphatic carboxylic acids is 1. The zero-order valence-corrected chi connectivity index (χ0v) is 12.4. The van der Waals surface area contributed by atoms with Crippen LogP contribution < -0.4 is 5.32 Å². The zero-order chi connectivity index (χ0) is 16.6. The predicted molar refractivity (Wildman–Crippen MR) is 69.7 cm³/mol. The number of hydrogen-bond donors (Lipinski definition) is 2. The van der Waals surface area contributed by atoms with Gasteiger partial charge in [0.1, 0.15) is 0 Å². The van der Waals surface area contributed by atoms with Crippen LogP contribution in [0.5, 0.6) is 0 Å². The molecule has 8 heteroatoms. The van der Waals surface area contributed by atoms with Crippen LogP contribution in [0.2, 0.25) is 0 Å². The molecule has 0 saturated carbocycles. The number of alkyl halides is 3. The maximum absolute atomic E-state index is 11.4. The van der Waals surface area contributed by atoms with Gasteiger partial charge in [0.2, 0.25) is 0 Å². The summed E-state index contributed by atoms with van der Waals surface area (Å²) in [7, 11) is 0. The van der Waals surface area contributed by atoms with E-state index in [2.05, 4.69) is 12.2 Å². The molecule has 2 atom stereocenters. The Morgan fingerprint density at radius 3 is 2.29 bits per heavy atom. The van der Waals surface area contributed by atoms with Crippen LogP contribution in [0.25, 0.3) is 0 Å². The topological polar surface area (TPSA) is 75.6 Å². The van der Waals surface area contributed by atoms with Crippen molar-refractivity contribution in [3.05, 3.63) is 0 Å². The minimum absolute atomic E-state index is 0.0134. The molecule has 1 unspecified atom stereocenters. The second-order valence-corrected chi connectivity index (χ2v) is 5.28. The van der Waals surface area contributed by atoms with E-state index >= 15 is 0 Å². The lowest BCUT2D eigenvalue weighted by molar-refractivity contribution is -0.192.